The number of halogens is 1. The van der Waals surface area contributed by atoms with E-state index in [1.807, 2.05) is 6.92 Å². The van der Waals surface area contributed by atoms with Crippen LogP contribution in [0.15, 0.2) is 30.6 Å². The van der Waals surface area contributed by atoms with Crippen LogP contribution in [0.1, 0.15) is 18.5 Å². The minimum Gasteiger partial charge on any atom is -0.497 e. The number of methoxy groups -OCH3 is 1. The summed E-state index contributed by atoms with van der Waals surface area (Å²) < 4.78 is 20.5. The molecule has 0 fully saturated rings. The lowest BCUT2D eigenvalue weighted by molar-refractivity contribution is 0.269. The predicted molar refractivity (Wildman–Crippen MR) is 74.3 cm³/mol. The van der Waals surface area contributed by atoms with Gasteiger partial charge in [0.05, 0.1) is 38.2 Å². The predicted octanol–water partition coefficient (Wildman–Crippen LogP) is 2.20. The summed E-state index contributed by atoms with van der Waals surface area (Å²) in [5.74, 6) is 0.182. The van der Waals surface area contributed by atoms with E-state index in [2.05, 4.69) is 10.4 Å². The van der Waals surface area contributed by atoms with Gasteiger partial charge in [-0.05, 0) is 13.0 Å². The van der Waals surface area contributed by atoms with Crippen LogP contribution in [-0.2, 0) is 6.54 Å². The number of aromatic nitrogens is 2. The summed E-state index contributed by atoms with van der Waals surface area (Å²) in [5, 5.41) is 16.1. The third-order valence-electron chi connectivity index (χ3n) is 3.02. The molecular formula is C14H18FN3O2. The molecule has 0 saturated carbocycles. The number of nitrogens with zero attached hydrogens (tertiary/aromatic N) is 2. The molecule has 0 saturated heterocycles. The maximum Gasteiger partial charge on any atom is 0.132 e. The summed E-state index contributed by atoms with van der Waals surface area (Å²) >= 11 is 0. The summed E-state index contributed by atoms with van der Waals surface area (Å²) in [5.41, 5.74) is 1.34. The molecule has 0 radical (unpaired) electrons. The molecule has 1 aromatic heterocycles. The van der Waals surface area contributed by atoms with Crippen molar-refractivity contribution in [2.24, 2.45) is 0 Å². The zero-order valence-corrected chi connectivity index (χ0v) is 11.5. The molecule has 1 unspecified atom stereocenters. The zero-order valence-electron chi connectivity index (χ0n) is 11.5. The summed E-state index contributed by atoms with van der Waals surface area (Å²) in [6, 6.07) is 4.59. The monoisotopic (exact) mass is 279 g/mol. The van der Waals surface area contributed by atoms with Gasteiger partial charge in [0.2, 0.25) is 0 Å². The Labute approximate surface area is 117 Å². The second-order valence-corrected chi connectivity index (χ2v) is 4.47. The first-order valence-electron chi connectivity index (χ1n) is 6.37. The van der Waals surface area contributed by atoms with Crippen LogP contribution >= 0.6 is 0 Å². The summed E-state index contributed by atoms with van der Waals surface area (Å²) in [7, 11) is 1.51. The minimum absolute atomic E-state index is 0.0315. The summed E-state index contributed by atoms with van der Waals surface area (Å²) in [6.45, 7) is 2.34. The first-order chi connectivity index (χ1) is 9.63. The largest absolute Gasteiger partial charge is 0.497 e. The summed E-state index contributed by atoms with van der Waals surface area (Å²) in [6.07, 6.45) is 3.42. The van der Waals surface area contributed by atoms with Crippen LogP contribution in [0.5, 0.6) is 5.75 Å². The Hall–Kier alpha value is -2.08. The van der Waals surface area contributed by atoms with E-state index in [-0.39, 0.29) is 18.5 Å². The lowest BCUT2D eigenvalue weighted by atomic mass is 10.1. The Morgan fingerprint density at radius 2 is 2.30 bits per heavy atom. The van der Waals surface area contributed by atoms with Gasteiger partial charge < -0.3 is 15.2 Å². The molecule has 0 spiro atoms. The van der Waals surface area contributed by atoms with E-state index in [4.69, 9.17) is 9.84 Å². The van der Waals surface area contributed by atoms with Crippen molar-refractivity contribution in [2.45, 2.75) is 19.5 Å². The van der Waals surface area contributed by atoms with Crippen LogP contribution in [0.3, 0.4) is 0 Å². The van der Waals surface area contributed by atoms with Crippen LogP contribution in [-0.4, -0.2) is 28.6 Å². The van der Waals surface area contributed by atoms with Crippen LogP contribution in [0, 0.1) is 5.82 Å². The zero-order chi connectivity index (χ0) is 14.5. The highest BCUT2D eigenvalue weighted by molar-refractivity contribution is 5.42. The van der Waals surface area contributed by atoms with E-state index in [0.29, 0.717) is 17.9 Å². The highest BCUT2D eigenvalue weighted by Gasteiger charge is 2.12. The van der Waals surface area contributed by atoms with E-state index in [1.54, 1.807) is 29.2 Å². The number of hydrogen-bond donors (Lipinski definition) is 2. The number of nitrogens with one attached hydrogen (secondary N) is 1. The standard InChI is InChI=1S/C14H18FN3O2/c1-10(13-4-3-12(20-2)7-14(13)15)17-11-8-16-18(9-11)5-6-19/h3-4,7-10,17,19H,5-6H2,1-2H3. The lowest BCUT2D eigenvalue weighted by Gasteiger charge is -2.15. The van der Waals surface area contributed by atoms with Gasteiger partial charge in [0.1, 0.15) is 11.6 Å². The first kappa shape index (κ1) is 14.3. The average Bonchev–Trinajstić information content (AvgIpc) is 2.86. The number of hydrogen-bond acceptors (Lipinski definition) is 4. The van der Waals surface area contributed by atoms with Gasteiger partial charge in [0.15, 0.2) is 0 Å². The van der Waals surface area contributed by atoms with Crippen molar-refractivity contribution >= 4 is 5.69 Å². The Kier molecular flexibility index (Phi) is 4.57. The van der Waals surface area contributed by atoms with Crippen LogP contribution in [0.2, 0.25) is 0 Å². The molecule has 20 heavy (non-hydrogen) atoms. The smallest absolute Gasteiger partial charge is 0.132 e. The number of aliphatic hydroxyl groups excluding tert-OH is 1. The number of anilines is 1. The van der Waals surface area contributed by atoms with Crippen LogP contribution < -0.4 is 10.1 Å². The van der Waals surface area contributed by atoms with Gasteiger partial charge in [-0.2, -0.15) is 5.10 Å². The van der Waals surface area contributed by atoms with Gasteiger partial charge in [0.25, 0.3) is 0 Å². The highest BCUT2D eigenvalue weighted by atomic mass is 19.1. The SMILES string of the molecule is COc1ccc(C(C)Nc2cnn(CCO)c2)c(F)c1. The van der Waals surface area contributed by atoms with Crippen molar-refractivity contribution in [1.82, 2.24) is 9.78 Å². The fourth-order valence-corrected chi connectivity index (χ4v) is 1.98. The molecule has 1 atom stereocenters. The van der Waals surface area contributed by atoms with E-state index in [9.17, 15) is 4.39 Å². The van der Waals surface area contributed by atoms with Gasteiger partial charge in [0, 0.05) is 17.8 Å². The van der Waals surface area contributed by atoms with Gasteiger partial charge in [-0.3, -0.25) is 4.68 Å². The molecule has 2 aromatic rings. The molecule has 0 aliphatic rings. The molecule has 2 rings (SSSR count). The fourth-order valence-electron chi connectivity index (χ4n) is 1.98. The molecule has 0 amide bonds. The van der Waals surface area contributed by atoms with Crippen molar-refractivity contribution in [1.29, 1.82) is 0 Å². The van der Waals surface area contributed by atoms with Crippen molar-refractivity contribution in [3.63, 3.8) is 0 Å². The van der Waals surface area contributed by atoms with Gasteiger partial charge in [-0.15, -0.1) is 0 Å². The van der Waals surface area contributed by atoms with E-state index >= 15 is 0 Å². The number of benzene rings is 1. The quantitative estimate of drug-likeness (QED) is 0.851. The molecule has 0 aliphatic heterocycles. The van der Waals surface area contributed by atoms with E-state index in [1.165, 1.54) is 13.2 Å². The van der Waals surface area contributed by atoms with Crippen molar-refractivity contribution in [3.8, 4) is 5.75 Å². The minimum atomic E-state index is -0.313. The molecule has 0 aliphatic carbocycles. The Morgan fingerprint density at radius 3 is 2.95 bits per heavy atom. The van der Waals surface area contributed by atoms with Crippen molar-refractivity contribution in [3.05, 3.63) is 42.0 Å². The molecule has 0 bridgehead atoms. The molecule has 1 heterocycles. The lowest BCUT2D eigenvalue weighted by Crippen LogP contribution is -2.08. The maximum absolute atomic E-state index is 13.9. The Balaban J connectivity index is 2.08. The second kappa shape index (κ2) is 6.38. The first-order valence-corrected chi connectivity index (χ1v) is 6.37. The molecule has 2 N–H and O–H groups in total. The number of rotatable bonds is 6. The van der Waals surface area contributed by atoms with Crippen molar-refractivity contribution < 1.29 is 14.2 Å². The molecule has 6 heteroatoms. The van der Waals surface area contributed by atoms with E-state index in [0.717, 1.165) is 5.69 Å². The Bertz CT molecular complexity index is 571. The van der Waals surface area contributed by atoms with E-state index < -0.39 is 0 Å². The van der Waals surface area contributed by atoms with Crippen molar-refractivity contribution in [2.75, 3.05) is 19.0 Å². The van der Waals surface area contributed by atoms with Gasteiger partial charge in [-0.1, -0.05) is 6.07 Å². The van der Waals surface area contributed by atoms with Gasteiger partial charge in [-0.25, -0.2) is 4.39 Å². The topological polar surface area (TPSA) is 59.3 Å². The normalized spacial score (nSPS) is 12.2. The average molecular weight is 279 g/mol. The Morgan fingerprint density at radius 1 is 1.50 bits per heavy atom. The van der Waals surface area contributed by atoms with Gasteiger partial charge >= 0.3 is 0 Å². The highest BCUT2D eigenvalue weighted by Crippen LogP contribution is 2.24. The van der Waals surface area contributed by atoms with Crippen LogP contribution in [0.25, 0.3) is 0 Å². The summed E-state index contributed by atoms with van der Waals surface area (Å²) in [4.78, 5) is 0. The third kappa shape index (κ3) is 3.27. The number of ether oxygens (including phenoxy) is 1. The molecular weight excluding hydrogens is 261 g/mol. The molecule has 5 nitrogen and oxygen atoms in total. The number of aliphatic hydroxyl groups is 1. The second-order valence-electron chi connectivity index (χ2n) is 4.47. The fraction of sp³-hybridized carbons (Fsp3) is 0.357. The third-order valence-corrected chi connectivity index (χ3v) is 3.02. The maximum atomic E-state index is 13.9. The molecule has 108 valence electrons. The van der Waals surface area contributed by atoms with Crippen LogP contribution in [0.4, 0.5) is 10.1 Å². The molecule has 1 aromatic carbocycles.